The summed E-state index contributed by atoms with van der Waals surface area (Å²) in [5, 5.41) is 12.4. The fourth-order valence-electron chi connectivity index (χ4n) is 2.99. The van der Waals surface area contributed by atoms with E-state index in [4.69, 9.17) is 5.73 Å². The molecule has 2 heterocycles. The summed E-state index contributed by atoms with van der Waals surface area (Å²) in [7, 11) is -0.585. The van der Waals surface area contributed by atoms with E-state index in [1.807, 2.05) is 0 Å². The Kier molecular flexibility index (Phi) is 3.75. The fourth-order valence-corrected chi connectivity index (χ4v) is 3.89. The van der Waals surface area contributed by atoms with Crippen molar-refractivity contribution in [2.75, 3.05) is 14.1 Å². The lowest BCUT2D eigenvalue weighted by molar-refractivity contribution is 0.0996. The van der Waals surface area contributed by atoms with Crippen LogP contribution in [0.3, 0.4) is 0 Å². The monoisotopic (exact) mass is 384 g/mol. The number of aromatic amines is 1. The Morgan fingerprint density at radius 1 is 1.11 bits per heavy atom. The highest BCUT2D eigenvalue weighted by molar-refractivity contribution is 7.89. The lowest BCUT2D eigenvalue weighted by Gasteiger charge is -2.12. The van der Waals surface area contributed by atoms with Gasteiger partial charge >= 0.3 is 0 Å². The topological polar surface area (TPSA) is 127 Å². The second-order valence-electron chi connectivity index (χ2n) is 6.21. The molecule has 0 unspecified atom stereocenters. The van der Waals surface area contributed by atoms with E-state index in [-0.39, 0.29) is 10.6 Å². The molecule has 138 valence electrons. The Hall–Kier alpha value is -3.24. The molecule has 0 aliphatic heterocycles. The Balaban J connectivity index is 1.96. The molecule has 3 N–H and O–H groups in total. The van der Waals surface area contributed by atoms with Gasteiger partial charge in [0.05, 0.1) is 27.8 Å². The summed E-state index contributed by atoms with van der Waals surface area (Å²) in [6, 6.07) is 9.84. The first-order valence-electron chi connectivity index (χ1n) is 7.98. The van der Waals surface area contributed by atoms with Gasteiger partial charge in [-0.3, -0.25) is 14.6 Å². The van der Waals surface area contributed by atoms with Crippen molar-refractivity contribution >= 4 is 37.7 Å². The van der Waals surface area contributed by atoms with Crippen LogP contribution in [0.25, 0.3) is 27.5 Å². The van der Waals surface area contributed by atoms with Crippen LogP contribution in [0.5, 0.6) is 0 Å². The summed E-state index contributed by atoms with van der Waals surface area (Å²) in [6.45, 7) is 0. The van der Waals surface area contributed by atoms with Crippen molar-refractivity contribution in [1.82, 2.24) is 24.3 Å². The van der Waals surface area contributed by atoms with Crippen LogP contribution in [0.4, 0.5) is 0 Å². The molecule has 0 aliphatic carbocycles. The van der Waals surface area contributed by atoms with Gasteiger partial charge in [-0.15, -0.1) is 0 Å². The maximum absolute atomic E-state index is 12.3. The van der Waals surface area contributed by atoms with Gasteiger partial charge in [-0.25, -0.2) is 12.7 Å². The Labute approximate surface area is 154 Å². The number of rotatable bonds is 4. The van der Waals surface area contributed by atoms with Crippen LogP contribution in [0.2, 0.25) is 0 Å². The van der Waals surface area contributed by atoms with Gasteiger partial charge in [0.15, 0.2) is 0 Å². The first-order valence-corrected chi connectivity index (χ1v) is 9.42. The predicted molar refractivity (Wildman–Crippen MR) is 100 cm³/mol. The standard InChI is InChI=1S/C17H16N6O3S/c1-22(2)27(25,26)11-5-3-10(4-6-11)23-16-12(15(21-23)17(18)24)7-8-14-13(16)9-19-20-14/h3-9,21H,1-2H3,(H2,18,24). The van der Waals surface area contributed by atoms with Gasteiger partial charge < -0.3 is 5.73 Å². The quantitative estimate of drug-likeness (QED) is 0.547. The lowest BCUT2D eigenvalue weighted by Crippen LogP contribution is -2.22. The zero-order valence-corrected chi connectivity index (χ0v) is 15.4. The third-order valence-electron chi connectivity index (χ3n) is 4.38. The average molecular weight is 384 g/mol. The van der Waals surface area contributed by atoms with Crippen molar-refractivity contribution in [1.29, 1.82) is 0 Å². The maximum Gasteiger partial charge on any atom is 0.267 e. The zero-order valence-electron chi connectivity index (χ0n) is 14.5. The van der Waals surface area contributed by atoms with Crippen LogP contribution in [-0.2, 0) is 10.0 Å². The summed E-state index contributed by atoms with van der Waals surface area (Å²) in [5.41, 5.74) is 7.76. The van der Waals surface area contributed by atoms with Gasteiger partial charge in [0.1, 0.15) is 5.69 Å². The number of nitrogens with one attached hydrogen (secondary N) is 1. The van der Waals surface area contributed by atoms with Crippen LogP contribution in [-0.4, -0.2) is 52.7 Å². The number of benzene rings is 2. The van der Waals surface area contributed by atoms with E-state index in [9.17, 15) is 13.2 Å². The predicted octanol–water partition coefficient (Wildman–Crippen LogP) is 1.25. The molecule has 2 aromatic carbocycles. The molecule has 2 aromatic heterocycles. The Bertz CT molecular complexity index is 1290. The molecular formula is C17H16N6O3S. The van der Waals surface area contributed by atoms with Gasteiger partial charge in [0.25, 0.3) is 5.91 Å². The second-order valence-corrected chi connectivity index (χ2v) is 8.36. The number of sulfonamides is 1. The van der Waals surface area contributed by atoms with E-state index < -0.39 is 15.9 Å². The minimum absolute atomic E-state index is 0.171. The smallest absolute Gasteiger partial charge is 0.267 e. The maximum atomic E-state index is 12.3. The fraction of sp³-hybridized carbons (Fsp3) is 0.118. The minimum Gasteiger partial charge on any atom is -0.364 e. The minimum atomic E-state index is -3.53. The zero-order chi connectivity index (χ0) is 19.3. The number of hydrogen-bond donors (Lipinski definition) is 2. The van der Waals surface area contributed by atoms with Crippen molar-refractivity contribution in [2.24, 2.45) is 5.73 Å². The van der Waals surface area contributed by atoms with Crippen molar-refractivity contribution < 1.29 is 13.2 Å². The van der Waals surface area contributed by atoms with Gasteiger partial charge in [-0.2, -0.15) is 10.2 Å². The molecule has 0 saturated carbocycles. The number of nitrogens with two attached hydrogens (primary N) is 1. The van der Waals surface area contributed by atoms with Crippen LogP contribution in [0.1, 0.15) is 10.5 Å². The van der Waals surface area contributed by atoms with Gasteiger partial charge in [-0.1, -0.05) is 0 Å². The first-order chi connectivity index (χ1) is 12.8. The molecule has 0 spiro atoms. The highest BCUT2D eigenvalue weighted by Crippen LogP contribution is 2.29. The molecule has 0 aliphatic rings. The highest BCUT2D eigenvalue weighted by atomic mass is 32.2. The Morgan fingerprint density at radius 3 is 2.44 bits per heavy atom. The number of carbonyl (C=O) groups excluding carboxylic acids is 1. The molecule has 0 bridgehead atoms. The number of aromatic nitrogens is 4. The van der Waals surface area contributed by atoms with E-state index in [1.54, 1.807) is 35.1 Å². The third-order valence-corrected chi connectivity index (χ3v) is 6.21. The van der Waals surface area contributed by atoms with Crippen LogP contribution >= 0.6 is 0 Å². The van der Waals surface area contributed by atoms with Gasteiger partial charge in [0, 0.05) is 24.9 Å². The van der Waals surface area contributed by atoms with Crippen LogP contribution < -0.4 is 5.73 Å². The number of hydrogen-bond acceptors (Lipinski definition) is 5. The molecule has 4 aromatic rings. The van der Waals surface area contributed by atoms with Crippen LogP contribution in [0, 0.1) is 0 Å². The van der Waals surface area contributed by atoms with Crippen molar-refractivity contribution in [3.8, 4) is 5.69 Å². The number of amides is 1. The number of fused-ring (bicyclic) bond motifs is 3. The highest BCUT2D eigenvalue weighted by Gasteiger charge is 2.20. The average Bonchev–Trinajstić information content (AvgIpc) is 3.25. The normalized spacial score (nSPS) is 12.3. The molecule has 0 fully saturated rings. The number of H-pyrrole nitrogens is 1. The molecule has 27 heavy (non-hydrogen) atoms. The molecule has 0 atom stereocenters. The SMILES string of the molecule is CN(C)S(=O)(=O)c1ccc(-n2[nH]c(C(N)=O)c3ccc4nncc4c32)cc1. The number of carbonyl (C=O) groups is 1. The van der Waals surface area contributed by atoms with Crippen molar-refractivity contribution in [3.63, 3.8) is 0 Å². The molecule has 9 nitrogen and oxygen atoms in total. The number of primary amides is 1. The summed E-state index contributed by atoms with van der Waals surface area (Å²) in [5.74, 6) is -0.600. The summed E-state index contributed by atoms with van der Waals surface area (Å²) in [4.78, 5) is 12.0. The molecule has 1 amide bonds. The summed E-state index contributed by atoms with van der Waals surface area (Å²) >= 11 is 0. The van der Waals surface area contributed by atoms with E-state index >= 15 is 0 Å². The van der Waals surface area contributed by atoms with Crippen LogP contribution in [0.15, 0.2) is 47.5 Å². The van der Waals surface area contributed by atoms with Crippen molar-refractivity contribution in [3.05, 3.63) is 48.3 Å². The number of nitrogens with zero attached hydrogens (tertiary/aromatic N) is 4. The molecule has 0 saturated heterocycles. The molecule has 10 heteroatoms. The van der Waals surface area contributed by atoms with E-state index in [0.717, 1.165) is 9.69 Å². The molecule has 0 radical (unpaired) electrons. The van der Waals surface area contributed by atoms with E-state index in [2.05, 4.69) is 15.3 Å². The summed E-state index contributed by atoms with van der Waals surface area (Å²) in [6.07, 6.45) is 1.61. The second kappa shape index (κ2) is 5.89. The first kappa shape index (κ1) is 17.2. The van der Waals surface area contributed by atoms with Crippen molar-refractivity contribution in [2.45, 2.75) is 4.90 Å². The summed E-state index contributed by atoms with van der Waals surface area (Å²) < 4.78 is 27.3. The molecular weight excluding hydrogens is 368 g/mol. The largest absolute Gasteiger partial charge is 0.364 e. The van der Waals surface area contributed by atoms with E-state index in [1.165, 1.54) is 26.2 Å². The van der Waals surface area contributed by atoms with Gasteiger partial charge in [0.2, 0.25) is 10.0 Å². The van der Waals surface area contributed by atoms with E-state index in [0.29, 0.717) is 22.1 Å². The Morgan fingerprint density at radius 2 is 1.81 bits per heavy atom. The van der Waals surface area contributed by atoms with Gasteiger partial charge in [-0.05, 0) is 36.4 Å². The lowest BCUT2D eigenvalue weighted by atomic mass is 10.1. The molecule has 4 rings (SSSR count). The third kappa shape index (κ3) is 2.57.